The molecule has 0 saturated carbocycles. The van der Waals surface area contributed by atoms with E-state index >= 15 is 0 Å². The van der Waals surface area contributed by atoms with Gasteiger partial charge in [-0.05, 0) is 11.6 Å². The molecule has 6 heteroatoms. The number of ether oxygens (including phenoxy) is 1. The van der Waals surface area contributed by atoms with Crippen LogP contribution in [0, 0.1) is 0 Å². The molecule has 2 aliphatic rings. The number of esters is 1. The zero-order valence-electron chi connectivity index (χ0n) is 11.7. The number of nitrogens with zero attached hydrogens (tertiary/aromatic N) is 1. The van der Waals surface area contributed by atoms with E-state index in [4.69, 9.17) is 21.2 Å². The standard InChI is InChI=1S/C15H16ClNO4/c1-20-17-8-6-15(7-9-17)13(18)12(14(19)21-15)10-4-2-3-5-11(10)16/h2-5,12H,6-9H2,1H3. The van der Waals surface area contributed by atoms with Crippen molar-refractivity contribution in [3.05, 3.63) is 34.9 Å². The van der Waals surface area contributed by atoms with Crippen molar-refractivity contribution in [3.63, 3.8) is 0 Å². The van der Waals surface area contributed by atoms with Crippen LogP contribution in [0.2, 0.25) is 5.02 Å². The van der Waals surface area contributed by atoms with Crippen LogP contribution < -0.4 is 0 Å². The van der Waals surface area contributed by atoms with Crippen molar-refractivity contribution in [2.75, 3.05) is 20.2 Å². The number of hydrogen-bond donors (Lipinski definition) is 0. The van der Waals surface area contributed by atoms with Gasteiger partial charge < -0.3 is 9.57 Å². The number of carbonyl (C=O) groups is 2. The lowest BCUT2D eigenvalue weighted by Crippen LogP contribution is -2.48. The van der Waals surface area contributed by atoms with Crippen molar-refractivity contribution in [2.24, 2.45) is 0 Å². The first-order valence-corrected chi connectivity index (χ1v) is 7.26. The van der Waals surface area contributed by atoms with Crippen LogP contribution in [0.25, 0.3) is 0 Å². The molecule has 0 N–H and O–H groups in total. The molecular weight excluding hydrogens is 294 g/mol. The fourth-order valence-electron chi connectivity index (χ4n) is 3.03. The van der Waals surface area contributed by atoms with E-state index in [1.807, 2.05) is 0 Å². The molecule has 0 bridgehead atoms. The number of piperidine rings is 1. The maximum absolute atomic E-state index is 12.8. The highest BCUT2D eigenvalue weighted by molar-refractivity contribution is 6.32. The molecule has 112 valence electrons. The molecule has 0 aromatic heterocycles. The Labute approximate surface area is 127 Å². The van der Waals surface area contributed by atoms with Crippen LogP contribution in [0.5, 0.6) is 0 Å². The second-order valence-electron chi connectivity index (χ2n) is 5.35. The van der Waals surface area contributed by atoms with Gasteiger partial charge in [-0.1, -0.05) is 29.8 Å². The molecule has 0 amide bonds. The normalized spacial score (nSPS) is 25.3. The summed E-state index contributed by atoms with van der Waals surface area (Å²) >= 11 is 6.12. The molecule has 2 aliphatic heterocycles. The van der Waals surface area contributed by atoms with Gasteiger partial charge in [0.2, 0.25) is 0 Å². The minimum Gasteiger partial charge on any atom is -0.450 e. The highest BCUT2D eigenvalue weighted by Gasteiger charge is 2.56. The number of carbonyl (C=O) groups excluding carboxylic acids is 2. The molecule has 1 spiro atoms. The summed E-state index contributed by atoms with van der Waals surface area (Å²) in [5.74, 6) is -1.59. The average Bonchev–Trinajstić information content (AvgIpc) is 2.72. The van der Waals surface area contributed by atoms with Gasteiger partial charge in [0, 0.05) is 31.0 Å². The molecule has 2 fully saturated rings. The van der Waals surface area contributed by atoms with E-state index in [0.717, 1.165) is 0 Å². The van der Waals surface area contributed by atoms with E-state index in [1.165, 1.54) is 0 Å². The largest absolute Gasteiger partial charge is 0.450 e. The van der Waals surface area contributed by atoms with Crippen molar-refractivity contribution in [1.82, 2.24) is 5.06 Å². The van der Waals surface area contributed by atoms with Gasteiger partial charge in [0.05, 0.1) is 7.11 Å². The van der Waals surface area contributed by atoms with Crippen LogP contribution >= 0.6 is 11.6 Å². The van der Waals surface area contributed by atoms with Crippen LogP contribution in [0.3, 0.4) is 0 Å². The topological polar surface area (TPSA) is 55.8 Å². The molecule has 2 saturated heterocycles. The summed E-state index contributed by atoms with van der Waals surface area (Å²) in [5, 5.41) is 2.18. The summed E-state index contributed by atoms with van der Waals surface area (Å²) in [6.07, 6.45) is 0.902. The number of hydroxylamine groups is 2. The highest BCUT2D eigenvalue weighted by Crippen LogP contribution is 2.42. The summed E-state index contributed by atoms with van der Waals surface area (Å²) in [6, 6.07) is 6.91. The number of benzene rings is 1. The predicted molar refractivity (Wildman–Crippen MR) is 75.8 cm³/mol. The first-order valence-electron chi connectivity index (χ1n) is 6.88. The van der Waals surface area contributed by atoms with E-state index in [2.05, 4.69) is 0 Å². The van der Waals surface area contributed by atoms with Crippen LogP contribution in [-0.2, 0) is 19.2 Å². The zero-order valence-corrected chi connectivity index (χ0v) is 12.4. The van der Waals surface area contributed by atoms with Gasteiger partial charge in [0.15, 0.2) is 11.4 Å². The van der Waals surface area contributed by atoms with Crippen LogP contribution in [0.4, 0.5) is 0 Å². The molecule has 1 aromatic rings. The molecular formula is C15H16ClNO4. The Hall–Kier alpha value is -1.43. The van der Waals surface area contributed by atoms with Gasteiger partial charge in [0.1, 0.15) is 5.92 Å². The Kier molecular flexibility index (Phi) is 3.73. The lowest BCUT2D eigenvalue weighted by molar-refractivity contribution is -0.184. The van der Waals surface area contributed by atoms with Crippen LogP contribution in [-0.4, -0.2) is 42.6 Å². The Bertz CT molecular complexity index is 581. The van der Waals surface area contributed by atoms with Crippen molar-refractivity contribution < 1.29 is 19.2 Å². The summed E-state index contributed by atoms with van der Waals surface area (Å²) in [5.41, 5.74) is -0.490. The average molecular weight is 310 g/mol. The van der Waals surface area contributed by atoms with Gasteiger partial charge >= 0.3 is 5.97 Å². The molecule has 21 heavy (non-hydrogen) atoms. The Balaban J connectivity index is 1.88. The number of ketones is 1. The summed E-state index contributed by atoms with van der Waals surface area (Å²) < 4.78 is 5.49. The lowest BCUT2D eigenvalue weighted by atomic mass is 9.82. The second-order valence-corrected chi connectivity index (χ2v) is 5.75. The molecule has 2 heterocycles. The third-order valence-electron chi connectivity index (χ3n) is 4.25. The highest BCUT2D eigenvalue weighted by atomic mass is 35.5. The predicted octanol–water partition coefficient (Wildman–Crippen LogP) is 1.95. The van der Waals surface area contributed by atoms with E-state index in [1.54, 1.807) is 36.4 Å². The van der Waals surface area contributed by atoms with E-state index in [-0.39, 0.29) is 5.78 Å². The summed E-state index contributed by atoms with van der Waals surface area (Å²) in [6.45, 7) is 1.12. The maximum Gasteiger partial charge on any atom is 0.322 e. The van der Waals surface area contributed by atoms with Crippen molar-refractivity contribution in [1.29, 1.82) is 0 Å². The molecule has 3 rings (SSSR count). The monoisotopic (exact) mass is 309 g/mol. The van der Waals surface area contributed by atoms with Crippen LogP contribution in [0.15, 0.2) is 24.3 Å². The van der Waals surface area contributed by atoms with Crippen molar-refractivity contribution in [3.8, 4) is 0 Å². The quantitative estimate of drug-likeness (QED) is 0.617. The van der Waals surface area contributed by atoms with E-state index < -0.39 is 17.5 Å². The Morgan fingerprint density at radius 2 is 1.95 bits per heavy atom. The van der Waals surface area contributed by atoms with Gasteiger partial charge in [-0.25, -0.2) is 0 Å². The third-order valence-corrected chi connectivity index (χ3v) is 4.59. The first kappa shape index (κ1) is 14.5. The van der Waals surface area contributed by atoms with Crippen molar-refractivity contribution >= 4 is 23.4 Å². The molecule has 0 radical (unpaired) electrons. The van der Waals surface area contributed by atoms with Gasteiger partial charge in [-0.3, -0.25) is 9.59 Å². The Morgan fingerprint density at radius 1 is 1.29 bits per heavy atom. The Morgan fingerprint density at radius 3 is 2.57 bits per heavy atom. The maximum atomic E-state index is 12.8. The SMILES string of the molecule is CON1CCC2(CC1)OC(=O)C(c1ccccc1Cl)C2=O. The molecule has 0 aliphatic carbocycles. The molecule has 1 aromatic carbocycles. The second kappa shape index (κ2) is 5.40. The van der Waals surface area contributed by atoms with Gasteiger partial charge in [-0.2, -0.15) is 5.06 Å². The smallest absolute Gasteiger partial charge is 0.322 e. The fraction of sp³-hybridized carbons (Fsp3) is 0.467. The fourth-order valence-corrected chi connectivity index (χ4v) is 3.27. The first-order chi connectivity index (χ1) is 10.1. The number of Topliss-reactive ketones (excluding diaryl/α,β-unsaturated/α-hetero) is 1. The third kappa shape index (κ3) is 2.35. The van der Waals surface area contributed by atoms with Crippen molar-refractivity contribution in [2.45, 2.75) is 24.4 Å². The minimum atomic E-state index is -1.02. The summed E-state index contributed by atoms with van der Waals surface area (Å²) in [4.78, 5) is 30.1. The van der Waals surface area contributed by atoms with Crippen LogP contribution in [0.1, 0.15) is 24.3 Å². The number of hydrogen-bond acceptors (Lipinski definition) is 5. The number of halogens is 1. The van der Waals surface area contributed by atoms with E-state index in [0.29, 0.717) is 36.5 Å². The summed E-state index contributed by atoms with van der Waals surface area (Å²) in [7, 11) is 1.59. The lowest BCUT2D eigenvalue weighted by Gasteiger charge is -2.35. The van der Waals surface area contributed by atoms with Gasteiger partial charge in [-0.15, -0.1) is 0 Å². The van der Waals surface area contributed by atoms with E-state index in [9.17, 15) is 9.59 Å². The minimum absolute atomic E-state index is 0.184. The zero-order chi connectivity index (χ0) is 15.0. The van der Waals surface area contributed by atoms with Gasteiger partial charge in [0.25, 0.3) is 0 Å². The molecule has 5 nitrogen and oxygen atoms in total. The molecule has 1 atom stereocenters. The number of rotatable bonds is 2. The molecule has 1 unspecified atom stereocenters.